The molecule has 0 spiro atoms. The van der Waals surface area contributed by atoms with Gasteiger partial charge in [0.25, 0.3) is 0 Å². The highest BCUT2D eigenvalue weighted by atomic mass is 79.9. The normalized spacial score (nSPS) is 12.4. The maximum Gasteiger partial charge on any atom is 0.124 e. The molecule has 2 rings (SSSR count). The topological polar surface area (TPSA) is 0 Å². The molecule has 1 unspecified atom stereocenters. The SMILES string of the molecule is CCCCc1ccc(C(Cl)c2cc(F)cc(Br)c2)cc1. The Morgan fingerprint density at radius 2 is 1.80 bits per heavy atom. The van der Waals surface area contributed by atoms with E-state index in [0.717, 1.165) is 17.5 Å². The minimum Gasteiger partial charge on any atom is -0.207 e. The second kappa shape index (κ2) is 7.24. The Kier molecular flexibility index (Phi) is 5.62. The summed E-state index contributed by atoms with van der Waals surface area (Å²) in [4.78, 5) is 0. The third kappa shape index (κ3) is 4.07. The van der Waals surface area contributed by atoms with Crippen molar-refractivity contribution < 1.29 is 4.39 Å². The third-order valence-corrected chi connectivity index (χ3v) is 4.23. The number of alkyl halides is 1. The van der Waals surface area contributed by atoms with E-state index in [9.17, 15) is 4.39 Å². The number of halogens is 3. The first kappa shape index (κ1) is 15.5. The van der Waals surface area contributed by atoms with Crippen molar-refractivity contribution in [2.45, 2.75) is 31.6 Å². The lowest BCUT2D eigenvalue weighted by molar-refractivity contribution is 0.625. The zero-order valence-corrected chi connectivity index (χ0v) is 13.7. The minimum atomic E-state index is -0.331. The van der Waals surface area contributed by atoms with Gasteiger partial charge in [0.15, 0.2) is 0 Å². The van der Waals surface area contributed by atoms with E-state index in [1.54, 1.807) is 0 Å². The molecule has 0 heterocycles. The zero-order valence-electron chi connectivity index (χ0n) is 11.4. The smallest absolute Gasteiger partial charge is 0.124 e. The molecule has 0 nitrogen and oxygen atoms in total. The Balaban J connectivity index is 2.17. The summed E-state index contributed by atoms with van der Waals surface area (Å²) in [5.41, 5.74) is 3.07. The number of hydrogen-bond donors (Lipinski definition) is 0. The molecule has 0 N–H and O–H groups in total. The molecule has 20 heavy (non-hydrogen) atoms. The molecule has 1 atom stereocenters. The van der Waals surface area contributed by atoms with Crippen molar-refractivity contribution in [2.24, 2.45) is 0 Å². The Hall–Kier alpha value is -0.860. The van der Waals surface area contributed by atoms with E-state index in [2.05, 4.69) is 35.0 Å². The second-order valence-electron chi connectivity index (χ2n) is 4.91. The van der Waals surface area contributed by atoms with Gasteiger partial charge < -0.3 is 0 Å². The molecule has 0 saturated carbocycles. The fourth-order valence-corrected chi connectivity index (χ4v) is 2.90. The molecule has 2 aromatic carbocycles. The van der Waals surface area contributed by atoms with Crippen molar-refractivity contribution in [3.05, 3.63) is 69.4 Å². The lowest BCUT2D eigenvalue weighted by atomic mass is 10.0. The van der Waals surface area contributed by atoms with Gasteiger partial charge in [-0.2, -0.15) is 0 Å². The molecule has 0 aliphatic heterocycles. The molecule has 106 valence electrons. The third-order valence-electron chi connectivity index (χ3n) is 3.27. The first-order valence-corrected chi connectivity index (χ1v) is 8.02. The van der Waals surface area contributed by atoms with Crippen molar-refractivity contribution in [1.29, 1.82) is 0 Å². The Labute approximate surface area is 133 Å². The highest BCUT2D eigenvalue weighted by Crippen LogP contribution is 2.31. The molecule has 0 radical (unpaired) electrons. The number of unbranched alkanes of at least 4 members (excludes halogenated alkanes) is 1. The minimum absolute atomic E-state index is 0.278. The molecule has 0 aromatic heterocycles. The fourth-order valence-electron chi connectivity index (χ4n) is 2.15. The van der Waals surface area contributed by atoms with Crippen LogP contribution in [-0.4, -0.2) is 0 Å². The van der Waals surface area contributed by atoms with E-state index in [-0.39, 0.29) is 11.2 Å². The van der Waals surface area contributed by atoms with Crippen molar-refractivity contribution in [2.75, 3.05) is 0 Å². The van der Waals surface area contributed by atoms with Gasteiger partial charge in [-0.15, -0.1) is 11.6 Å². The van der Waals surface area contributed by atoms with Crippen LogP contribution < -0.4 is 0 Å². The van der Waals surface area contributed by atoms with Crippen LogP contribution in [0.15, 0.2) is 46.9 Å². The quantitative estimate of drug-likeness (QED) is 0.555. The van der Waals surface area contributed by atoms with Gasteiger partial charge in [0, 0.05) is 4.47 Å². The average molecular weight is 356 g/mol. The monoisotopic (exact) mass is 354 g/mol. The summed E-state index contributed by atoms with van der Waals surface area (Å²) in [5, 5.41) is -0.331. The van der Waals surface area contributed by atoms with Crippen LogP contribution in [0.5, 0.6) is 0 Å². The van der Waals surface area contributed by atoms with Crippen LogP contribution in [0.4, 0.5) is 4.39 Å². The van der Waals surface area contributed by atoms with Crippen LogP contribution in [0, 0.1) is 5.82 Å². The van der Waals surface area contributed by atoms with Crippen LogP contribution in [-0.2, 0) is 6.42 Å². The van der Waals surface area contributed by atoms with Crippen molar-refractivity contribution >= 4 is 27.5 Å². The molecule has 0 saturated heterocycles. The van der Waals surface area contributed by atoms with Gasteiger partial charge in [-0.05, 0) is 47.7 Å². The van der Waals surface area contributed by atoms with Crippen molar-refractivity contribution in [1.82, 2.24) is 0 Å². The average Bonchev–Trinajstić information content (AvgIpc) is 2.44. The second-order valence-corrected chi connectivity index (χ2v) is 6.26. The highest BCUT2D eigenvalue weighted by molar-refractivity contribution is 9.10. The maximum absolute atomic E-state index is 13.4. The van der Waals surface area contributed by atoms with Crippen LogP contribution in [0.3, 0.4) is 0 Å². The molecular weight excluding hydrogens is 339 g/mol. The van der Waals surface area contributed by atoms with Gasteiger partial charge in [-0.25, -0.2) is 4.39 Å². The first-order chi connectivity index (χ1) is 9.60. The van der Waals surface area contributed by atoms with Gasteiger partial charge in [0.1, 0.15) is 5.82 Å². The Bertz CT molecular complexity index is 545. The highest BCUT2D eigenvalue weighted by Gasteiger charge is 2.12. The predicted molar refractivity (Wildman–Crippen MR) is 86.9 cm³/mol. The van der Waals surface area contributed by atoms with E-state index in [1.807, 2.05) is 18.2 Å². The summed E-state index contributed by atoms with van der Waals surface area (Å²) in [7, 11) is 0. The lowest BCUT2D eigenvalue weighted by Gasteiger charge is -2.12. The summed E-state index contributed by atoms with van der Waals surface area (Å²) < 4.78 is 14.1. The Morgan fingerprint density at radius 3 is 2.40 bits per heavy atom. The summed E-state index contributed by atoms with van der Waals surface area (Å²) in [6.45, 7) is 2.19. The van der Waals surface area contributed by atoms with Crippen LogP contribution in [0.1, 0.15) is 41.8 Å². The van der Waals surface area contributed by atoms with Crippen LogP contribution in [0.2, 0.25) is 0 Å². The lowest BCUT2D eigenvalue weighted by Crippen LogP contribution is -1.95. The van der Waals surface area contributed by atoms with Crippen LogP contribution >= 0.6 is 27.5 Å². The van der Waals surface area contributed by atoms with Gasteiger partial charge in [0.2, 0.25) is 0 Å². The van der Waals surface area contributed by atoms with E-state index >= 15 is 0 Å². The largest absolute Gasteiger partial charge is 0.207 e. The molecule has 2 aromatic rings. The summed E-state index contributed by atoms with van der Waals surface area (Å²) in [6.07, 6.45) is 3.48. The van der Waals surface area contributed by atoms with Gasteiger partial charge in [-0.3, -0.25) is 0 Å². The van der Waals surface area contributed by atoms with Gasteiger partial charge in [0.05, 0.1) is 5.38 Å². The fraction of sp³-hybridized carbons (Fsp3) is 0.294. The van der Waals surface area contributed by atoms with E-state index in [4.69, 9.17) is 11.6 Å². The molecule has 0 amide bonds. The van der Waals surface area contributed by atoms with Crippen LogP contribution in [0.25, 0.3) is 0 Å². The Morgan fingerprint density at radius 1 is 1.10 bits per heavy atom. The van der Waals surface area contributed by atoms with Crippen molar-refractivity contribution in [3.63, 3.8) is 0 Å². The molecule has 0 aliphatic carbocycles. The maximum atomic E-state index is 13.4. The summed E-state index contributed by atoms with van der Waals surface area (Å²) in [6, 6.07) is 13.0. The first-order valence-electron chi connectivity index (χ1n) is 6.79. The summed E-state index contributed by atoms with van der Waals surface area (Å²) >= 11 is 9.74. The van der Waals surface area contributed by atoms with E-state index < -0.39 is 0 Å². The van der Waals surface area contributed by atoms with E-state index in [0.29, 0.717) is 4.47 Å². The number of aryl methyl sites for hydroxylation is 1. The molecule has 0 fully saturated rings. The zero-order chi connectivity index (χ0) is 14.5. The molecule has 0 aliphatic rings. The molecular formula is C17H17BrClF. The number of rotatable bonds is 5. The van der Waals surface area contributed by atoms with Crippen molar-refractivity contribution in [3.8, 4) is 0 Å². The predicted octanol–water partition coefficient (Wildman–Crippen LogP) is 6.26. The van der Waals surface area contributed by atoms with Gasteiger partial charge in [-0.1, -0.05) is 53.5 Å². The summed E-state index contributed by atoms with van der Waals surface area (Å²) in [5.74, 6) is -0.278. The number of hydrogen-bond acceptors (Lipinski definition) is 0. The molecule has 3 heteroatoms. The van der Waals surface area contributed by atoms with E-state index in [1.165, 1.54) is 30.5 Å². The number of benzene rings is 2. The standard InChI is InChI=1S/C17H17BrClF/c1-2-3-4-12-5-7-13(8-6-12)17(19)14-9-15(18)11-16(20)10-14/h5-11,17H,2-4H2,1H3. The molecule has 0 bridgehead atoms. The van der Waals surface area contributed by atoms with Gasteiger partial charge >= 0.3 is 0 Å².